The second kappa shape index (κ2) is 10.8. The van der Waals surface area contributed by atoms with Crippen LogP contribution >= 0.6 is 0 Å². The molecule has 2 fully saturated rings. The number of piperidine rings is 1. The molecule has 0 aromatic rings. The van der Waals surface area contributed by atoms with Gasteiger partial charge in [-0.15, -0.1) is 0 Å². The summed E-state index contributed by atoms with van der Waals surface area (Å²) >= 11 is 0. The van der Waals surface area contributed by atoms with Crippen LogP contribution in [-0.4, -0.2) is 72.9 Å². The van der Waals surface area contributed by atoms with Crippen molar-refractivity contribution in [3.63, 3.8) is 0 Å². The van der Waals surface area contributed by atoms with Crippen LogP contribution in [0.25, 0.3) is 0 Å². The molecule has 0 spiro atoms. The summed E-state index contributed by atoms with van der Waals surface area (Å²) in [5.74, 6) is 2.39. The second-order valence-corrected chi connectivity index (χ2v) is 13.6. The van der Waals surface area contributed by atoms with Crippen LogP contribution in [0.15, 0.2) is 0 Å². The van der Waals surface area contributed by atoms with E-state index in [2.05, 4.69) is 84.4 Å². The Kier molecular flexibility index (Phi) is 9.48. The third kappa shape index (κ3) is 9.31. The maximum absolute atomic E-state index is 6.22. The summed E-state index contributed by atoms with van der Waals surface area (Å²) in [6.07, 6.45) is 4.25. The highest BCUT2D eigenvalue weighted by Crippen LogP contribution is 2.37. The molecule has 2 aliphatic heterocycles. The Morgan fingerprint density at radius 2 is 1.48 bits per heavy atom. The second-order valence-electron chi connectivity index (χ2n) is 13.6. The predicted molar refractivity (Wildman–Crippen MR) is 135 cm³/mol. The summed E-state index contributed by atoms with van der Waals surface area (Å²) in [6, 6.07) is 0. The summed E-state index contributed by atoms with van der Waals surface area (Å²) in [5, 5.41) is 3.53. The molecule has 2 aliphatic rings. The van der Waals surface area contributed by atoms with Crippen LogP contribution in [0.4, 0.5) is 0 Å². The van der Waals surface area contributed by atoms with Crippen molar-refractivity contribution in [3.05, 3.63) is 0 Å². The van der Waals surface area contributed by atoms with Crippen molar-refractivity contribution in [1.82, 2.24) is 15.1 Å². The summed E-state index contributed by atoms with van der Waals surface area (Å²) in [4.78, 5) is 5.49. The molecule has 2 saturated heterocycles. The molecule has 0 amide bonds. The highest BCUT2D eigenvalue weighted by atomic mass is 16.5. The molecule has 4 nitrogen and oxygen atoms in total. The van der Waals surface area contributed by atoms with Crippen LogP contribution in [0.5, 0.6) is 0 Å². The smallest absolute Gasteiger partial charge is 0.0594 e. The van der Waals surface area contributed by atoms with Gasteiger partial charge in [-0.05, 0) is 104 Å². The van der Waals surface area contributed by atoms with Gasteiger partial charge in [0.2, 0.25) is 0 Å². The number of rotatable bonds is 8. The molecule has 3 atom stereocenters. The summed E-state index contributed by atoms with van der Waals surface area (Å²) in [5.41, 5.74) is 0.878. The minimum atomic E-state index is 0.163. The number of hydrogen-bond acceptors (Lipinski definition) is 4. The molecule has 0 aromatic heterocycles. The highest BCUT2D eigenvalue weighted by molar-refractivity contribution is 4.93. The molecule has 2 rings (SSSR count). The molecule has 0 radical (unpaired) electrons. The van der Waals surface area contributed by atoms with Gasteiger partial charge >= 0.3 is 0 Å². The van der Waals surface area contributed by atoms with Crippen molar-refractivity contribution in [2.75, 3.05) is 45.9 Å². The molecule has 4 heteroatoms. The first-order valence-electron chi connectivity index (χ1n) is 13.0. The first-order chi connectivity index (χ1) is 14.1. The van der Waals surface area contributed by atoms with E-state index in [9.17, 15) is 0 Å². The first kappa shape index (κ1) is 27.1. The van der Waals surface area contributed by atoms with Gasteiger partial charge in [0, 0.05) is 37.3 Å². The lowest BCUT2D eigenvalue weighted by atomic mass is 9.75. The Balaban J connectivity index is 1.87. The van der Waals surface area contributed by atoms with Crippen LogP contribution in [0.3, 0.4) is 0 Å². The summed E-state index contributed by atoms with van der Waals surface area (Å²) in [7, 11) is 0. The Morgan fingerprint density at radius 1 is 0.903 bits per heavy atom. The Bertz CT molecular complexity index is 520. The maximum atomic E-state index is 6.22. The minimum Gasteiger partial charge on any atom is -0.377 e. The van der Waals surface area contributed by atoms with Gasteiger partial charge in [-0.3, -0.25) is 4.90 Å². The van der Waals surface area contributed by atoms with E-state index in [4.69, 9.17) is 4.74 Å². The molecule has 0 saturated carbocycles. The fourth-order valence-corrected chi connectivity index (χ4v) is 5.45. The van der Waals surface area contributed by atoms with E-state index < -0.39 is 0 Å². The number of nitrogens with zero attached hydrogens (tertiary/aromatic N) is 2. The Labute approximate surface area is 194 Å². The van der Waals surface area contributed by atoms with Crippen molar-refractivity contribution >= 4 is 0 Å². The highest BCUT2D eigenvalue weighted by Gasteiger charge is 2.39. The number of ether oxygens (including phenoxy) is 1. The van der Waals surface area contributed by atoms with E-state index in [1.54, 1.807) is 0 Å². The summed E-state index contributed by atoms with van der Waals surface area (Å²) < 4.78 is 6.22. The van der Waals surface area contributed by atoms with Crippen molar-refractivity contribution in [2.45, 2.75) is 106 Å². The number of nitrogens with one attached hydrogen (secondary N) is 1. The topological polar surface area (TPSA) is 27.7 Å². The van der Waals surface area contributed by atoms with Crippen LogP contribution in [0, 0.1) is 23.2 Å². The normalized spacial score (nSPS) is 26.5. The van der Waals surface area contributed by atoms with Gasteiger partial charge in [0.15, 0.2) is 0 Å². The SMILES string of the molecule is CC(CC1CN(C(C)(C)C)CC1CN1CCC(C(C)(C)C)CC1)OCCNC(C)(C)C. The molecule has 2 heterocycles. The Morgan fingerprint density at radius 3 is 2.00 bits per heavy atom. The molecule has 0 aliphatic carbocycles. The van der Waals surface area contributed by atoms with Gasteiger partial charge in [0.25, 0.3) is 0 Å². The fourth-order valence-electron chi connectivity index (χ4n) is 5.45. The molecule has 184 valence electrons. The van der Waals surface area contributed by atoms with Gasteiger partial charge in [-0.2, -0.15) is 0 Å². The van der Waals surface area contributed by atoms with Crippen molar-refractivity contribution in [3.8, 4) is 0 Å². The van der Waals surface area contributed by atoms with E-state index in [0.29, 0.717) is 11.5 Å². The zero-order chi connectivity index (χ0) is 23.4. The van der Waals surface area contributed by atoms with Crippen molar-refractivity contribution in [1.29, 1.82) is 0 Å². The average Bonchev–Trinajstić information content (AvgIpc) is 3.00. The van der Waals surface area contributed by atoms with Crippen molar-refractivity contribution < 1.29 is 4.74 Å². The fraction of sp³-hybridized carbons (Fsp3) is 1.00. The molecule has 0 bridgehead atoms. The van der Waals surface area contributed by atoms with Gasteiger partial charge in [-0.1, -0.05) is 20.8 Å². The van der Waals surface area contributed by atoms with Gasteiger partial charge in [0.05, 0.1) is 12.7 Å². The van der Waals surface area contributed by atoms with E-state index in [1.165, 1.54) is 52.0 Å². The Hall–Kier alpha value is -0.160. The van der Waals surface area contributed by atoms with Gasteiger partial charge in [-0.25, -0.2) is 0 Å². The standard InChI is InChI=1S/C27H55N3O/c1-21(31-16-13-28-26(5,6)7)17-22-19-30(27(8,9)10)20-23(22)18-29-14-11-24(12-15-29)25(2,3)4/h21-24,28H,11-20H2,1-10H3. The molecule has 0 aromatic carbocycles. The maximum Gasteiger partial charge on any atom is 0.0594 e. The predicted octanol–water partition coefficient (Wildman–Crippen LogP) is 5.27. The lowest BCUT2D eigenvalue weighted by molar-refractivity contribution is 0.0397. The third-order valence-corrected chi connectivity index (χ3v) is 7.62. The minimum absolute atomic E-state index is 0.163. The molecule has 3 unspecified atom stereocenters. The molecule has 31 heavy (non-hydrogen) atoms. The largest absolute Gasteiger partial charge is 0.377 e. The van der Waals surface area contributed by atoms with Crippen LogP contribution < -0.4 is 5.32 Å². The molecule has 1 N–H and O–H groups in total. The molecular weight excluding hydrogens is 382 g/mol. The first-order valence-corrected chi connectivity index (χ1v) is 13.0. The van der Waals surface area contributed by atoms with E-state index in [0.717, 1.165) is 30.9 Å². The number of hydrogen-bond donors (Lipinski definition) is 1. The third-order valence-electron chi connectivity index (χ3n) is 7.62. The van der Waals surface area contributed by atoms with Gasteiger partial charge < -0.3 is 15.0 Å². The van der Waals surface area contributed by atoms with E-state index in [-0.39, 0.29) is 11.1 Å². The summed E-state index contributed by atoms with van der Waals surface area (Å²) in [6.45, 7) is 31.3. The monoisotopic (exact) mass is 437 g/mol. The van der Waals surface area contributed by atoms with Crippen LogP contribution in [-0.2, 0) is 4.74 Å². The average molecular weight is 438 g/mol. The quantitative estimate of drug-likeness (QED) is 0.523. The van der Waals surface area contributed by atoms with Crippen LogP contribution in [0.2, 0.25) is 0 Å². The number of likely N-dealkylation sites (tertiary alicyclic amines) is 2. The lowest BCUT2D eigenvalue weighted by Crippen LogP contribution is -2.42. The van der Waals surface area contributed by atoms with Crippen LogP contribution in [0.1, 0.15) is 88.5 Å². The van der Waals surface area contributed by atoms with E-state index >= 15 is 0 Å². The zero-order valence-corrected chi connectivity index (χ0v) is 22.7. The lowest BCUT2D eigenvalue weighted by Gasteiger charge is -2.40. The van der Waals surface area contributed by atoms with Crippen molar-refractivity contribution in [2.24, 2.45) is 23.2 Å². The molecular formula is C27H55N3O. The van der Waals surface area contributed by atoms with Gasteiger partial charge in [0.1, 0.15) is 0 Å². The van der Waals surface area contributed by atoms with E-state index in [1.807, 2.05) is 0 Å². The zero-order valence-electron chi connectivity index (χ0n) is 22.7.